The number of morpholine rings is 1. The van der Waals surface area contributed by atoms with Gasteiger partial charge in [0, 0.05) is 51.9 Å². The van der Waals surface area contributed by atoms with Crippen LogP contribution in [0.2, 0.25) is 0 Å². The summed E-state index contributed by atoms with van der Waals surface area (Å²) in [5, 5.41) is 9.64. The predicted octanol–water partition coefficient (Wildman–Crippen LogP) is 1.11. The molecule has 4 fully saturated rings. The van der Waals surface area contributed by atoms with Gasteiger partial charge >= 0.3 is 0 Å². The molecule has 0 aromatic carbocycles. The summed E-state index contributed by atoms with van der Waals surface area (Å²) >= 11 is 0. The van der Waals surface area contributed by atoms with Gasteiger partial charge in [0.15, 0.2) is 0 Å². The maximum atomic E-state index is 15.5. The van der Waals surface area contributed by atoms with Crippen molar-refractivity contribution in [2.45, 2.75) is 107 Å². The van der Waals surface area contributed by atoms with Crippen molar-refractivity contribution in [3.63, 3.8) is 0 Å². The van der Waals surface area contributed by atoms with E-state index in [0.29, 0.717) is 19.4 Å². The number of hydrogen-bond donors (Lipinski definition) is 5. The van der Waals surface area contributed by atoms with Crippen LogP contribution >= 0.6 is 0 Å². The highest BCUT2D eigenvalue weighted by Gasteiger charge is 2.46. The van der Waals surface area contributed by atoms with E-state index in [9.17, 15) is 9.18 Å². The third-order valence-corrected chi connectivity index (χ3v) is 10.3. The largest absolute Gasteiger partial charge is 0.372 e. The Hall–Kier alpha value is -0.950. The molecule has 1 spiro atoms. The van der Waals surface area contributed by atoms with Gasteiger partial charge in [0.1, 0.15) is 12.3 Å². The minimum atomic E-state index is -1.11. The van der Waals surface area contributed by atoms with Gasteiger partial charge in [-0.1, -0.05) is 26.7 Å². The summed E-state index contributed by atoms with van der Waals surface area (Å²) < 4.78 is 36.5. The van der Waals surface area contributed by atoms with Crippen molar-refractivity contribution < 1.29 is 18.3 Å². The van der Waals surface area contributed by atoms with Gasteiger partial charge in [0.2, 0.25) is 5.91 Å². The highest BCUT2D eigenvalue weighted by molar-refractivity contribution is 5.80. The van der Waals surface area contributed by atoms with Gasteiger partial charge in [-0.05, 0) is 51.0 Å². The van der Waals surface area contributed by atoms with Crippen molar-refractivity contribution in [1.29, 1.82) is 0 Å². The van der Waals surface area contributed by atoms with Crippen molar-refractivity contribution in [3.8, 4) is 0 Å². The number of nitrogens with two attached hydrogens (primary N) is 2. The zero-order valence-electron chi connectivity index (χ0n) is 25.0. The Kier molecular flexibility index (Phi) is 11.2. The minimum Gasteiger partial charge on any atom is -0.372 e. The molecule has 4 rings (SSSR count). The third kappa shape index (κ3) is 7.51. The normalized spacial score (nSPS) is 37.1. The topological polar surface area (TPSA) is 121 Å². The van der Waals surface area contributed by atoms with Crippen LogP contribution in [-0.4, -0.2) is 117 Å². The van der Waals surface area contributed by atoms with Crippen molar-refractivity contribution >= 4 is 5.91 Å². The second-order valence-corrected chi connectivity index (χ2v) is 13.1. The van der Waals surface area contributed by atoms with Crippen LogP contribution in [0, 0.1) is 11.3 Å². The van der Waals surface area contributed by atoms with Crippen molar-refractivity contribution in [1.82, 2.24) is 25.8 Å². The predicted molar refractivity (Wildman–Crippen MR) is 154 cm³/mol. The Morgan fingerprint density at radius 1 is 1.12 bits per heavy atom. The van der Waals surface area contributed by atoms with Gasteiger partial charge < -0.3 is 37.1 Å². The molecule has 40 heavy (non-hydrogen) atoms. The van der Waals surface area contributed by atoms with Gasteiger partial charge in [0.05, 0.1) is 36.4 Å². The monoisotopic (exact) mass is 571 g/mol. The maximum absolute atomic E-state index is 15.5. The van der Waals surface area contributed by atoms with E-state index in [-0.39, 0.29) is 36.1 Å². The number of hydrogen-bond acceptors (Lipinski definition) is 8. The minimum absolute atomic E-state index is 0.0669. The van der Waals surface area contributed by atoms with Crippen LogP contribution in [0.3, 0.4) is 0 Å². The summed E-state index contributed by atoms with van der Waals surface area (Å²) in [6.45, 7) is 9.22. The van der Waals surface area contributed by atoms with Crippen LogP contribution in [0.25, 0.3) is 0 Å². The first-order valence-corrected chi connectivity index (χ1v) is 15.7. The fraction of sp³-hybridized carbons (Fsp3) is 0.966. The fourth-order valence-electron chi connectivity index (χ4n) is 7.96. The van der Waals surface area contributed by atoms with Gasteiger partial charge in [-0.2, -0.15) is 0 Å². The van der Waals surface area contributed by atoms with Crippen molar-refractivity contribution in [3.05, 3.63) is 0 Å². The molecule has 232 valence electrons. The summed E-state index contributed by atoms with van der Waals surface area (Å²) in [5.41, 5.74) is 12.3. The van der Waals surface area contributed by atoms with Gasteiger partial charge in [-0.3, -0.25) is 9.69 Å². The number of rotatable bonds is 8. The Morgan fingerprint density at radius 3 is 2.52 bits per heavy atom. The number of nitrogens with one attached hydrogen (secondary N) is 3. The van der Waals surface area contributed by atoms with Crippen molar-refractivity contribution in [2.24, 2.45) is 22.8 Å². The number of alkyl halides is 2. The molecule has 0 aliphatic carbocycles. The third-order valence-electron chi connectivity index (χ3n) is 10.3. The first kappa shape index (κ1) is 32.0. The van der Waals surface area contributed by atoms with Gasteiger partial charge in [0.25, 0.3) is 0 Å². The zero-order valence-corrected chi connectivity index (χ0v) is 25.0. The standard InChI is InChI=1S/C29H55F2N7O2/c1-4-7-28(5-2)8-6-20(30)16-35-22(15-28)24(26(32)33)27(39)36-23-18-34-17-21(31)25(23)38-11-9-29(10-12-38)19-37(3)13-14-40-29/h20-26,34-35H,4-19,32-33H2,1-3H3,(H,36,39). The molecular weight excluding hydrogens is 516 g/mol. The number of piperidine rings is 2. The van der Waals surface area contributed by atoms with E-state index in [1.165, 1.54) is 0 Å². The van der Waals surface area contributed by atoms with E-state index >= 15 is 4.39 Å². The molecule has 4 saturated heterocycles. The molecule has 0 aromatic heterocycles. The van der Waals surface area contributed by atoms with E-state index in [1.807, 2.05) is 0 Å². The number of carbonyl (C=O) groups is 1. The summed E-state index contributed by atoms with van der Waals surface area (Å²) in [7, 11) is 2.12. The molecule has 7 unspecified atom stereocenters. The quantitative estimate of drug-likeness (QED) is 0.275. The first-order chi connectivity index (χ1) is 19.1. The van der Waals surface area contributed by atoms with Crippen LogP contribution < -0.4 is 27.4 Å². The number of carbonyl (C=O) groups excluding carboxylic acids is 1. The van der Waals surface area contributed by atoms with E-state index in [1.54, 1.807) is 0 Å². The van der Waals surface area contributed by atoms with Crippen LogP contribution in [0.15, 0.2) is 0 Å². The van der Waals surface area contributed by atoms with Gasteiger partial charge in [-0.15, -0.1) is 0 Å². The van der Waals surface area contributed by atoms with Gasteiger partial charge in [-0.25, -0.2) is 8.78 Å². The average molecular weight is 572 g/mol. The molecule has 0 radical (unpaired) electrons. The SMILES string of the molecule is CCCC1(CC)CCC(F)CNC(C(C(=O)NC2CNCC(F)C2N2CCC3(CC2)CN(C)CCO3)C(N)N)C1. The molecule has 1 amide bonds. The molecule has 4 heterocycles. The smallest absolute Gasteiger partial charge is 0.227 e. The number of halogens is 2. The molecule has 7 atom stereocenters. The lowest BCUT2D eigenvalue weighted by Gasteiger charge is -2.50. The lowest BCUT2D eigenvalue weighted by molar-refractivity contribution is -0.140. The van der Waals surface area contributed by atoms with E-state index in [0.717, 1.165) is 71.3 Å². The lowest BCUT2D eigenvalue weighted by atomic mass is 9.69. The second-order valence-electron chi connectivity index (χ2n) is 13.1. The highest BCUT2D eigenvalue weighted by atomic mass is 19.1. The molecule has 4 aliphatic heterocycles. The molecule has 0 aromatic rings. The van der Waals surface area contributed by atoms with Crippen LogP contribution in [0.1, 0.15) is 65.2 Å². The van der Waals surface area contributed by atoms with E-state index < -0.39 is 36.5 Å². The number of ether oxygens (including phenoxy) is 1. The molecule has 0 saturated carbocycles. The molecule has 0 bridgehead atoms. The van der Waals surface area contributed by atoms with E-state index in [2.05, 4.69) is 46.6 Å². The van der Waals surface area contributed by atoms with Crippen LogP contribution in [0.5, 0.6) is 0 Å². The fourth-order valence-corrected chi connectivity index (χ4v) is 7.96. The Bertz CT molecular complexity index is 815. The number of amides is 1. The van der Waals surface area contributed by atoms with E-state index in [4.69, 9.17) is 16.2 Å². The van der Waals surface area contributed by atoms with Crippen LogP contribution in [0.4, 0.5) is 8.78 Å². The summed E-state index contributed by atoms with van der Waals surface area (Å²) in [6.07, 6.45) is 3.58. The summed E-state index contributed by atoms with van der Waals surface area (Å²) in [4.78, 5) is 18.4. The number of nitrogens with zero attached hydrogens (tertiary/aromatic N) is 2. The maximum Gasteiger partial charge on any atom is 0.227 e. The Labute approximate surface area is 239 Å². The zero-order chi connectivity index (χ0) is 28.9. The Balaban J connectivity index is 1.47. The Morgan fingerprint density at radius 2 is 1.88 bits per heavy atom. The lowest BCUT2D eigenvalue weighted by Crippen LogP contribution is -2.69. The molecule has 11 heteroatoms. The average Bonchev–Trinajstić information content (AvgIpc) is 2.90. The summed E-state index contributed by atoms with van der Waals surface area (Å²) in [5.74, 6) is -1.02. The second kappa shape index (κ2) is 14.0. The number of likely N-dealkylation sites (tertiary alicyclic amines) is 1. The molecule has 4 aliphatic rings. The highest BCUT2D eigenvalue weighted by Crippen LogP contribution is 2.41. The first-order valence-electron chi connectivity index (χ1n) is 15.7. The number of likely N-dealkylation sites (N-methyl/N-ethyl adjacent to an activating group) is 1. The molecule has 7 N–H and O–H groups in total. The molecule has 9 nitrogen and oxygen atoms in total. The van der Waals surface area contributed by atoms with Crippen molar-refractivity contribution in [2.75, 3.05) is 59.5 Å². The molecular formula is C29H55F2N7O2. The summed E-state index contributed by atoms with van der Waals surface area (Å²) in [6, 6.07) is -1.21. The van der Waals surface area contributed by atoms with Crippen LogP contribution in [-0.2, 0) is 9.53 Å².